The highest BCUT2D eigenvalue weighted by atomic mass is 32.1. The molecular formula is C22H13N3O6S. The molecule has 0 saturated heterocycles. The van der Waals surface area contributed by atoms with E-state index in [0.717, 1.165) is 16.2 Å². The lowest BCUT2D eigenvalue weighted by molar-refractivity contribution is -0.384. The van der Waals surface area contributed by atoms with Gasteiger partial charge in [0.15, 0.2) is 16.7 Å². The molecule has 10 heteroatoms. The third-order valence-corrected chi connectivity index (χ3v) is 5.89. The Kier molecular flexibility index (Phi) is 4.56. The van der Waals surface area contributed by atoms with Crippen LogP contribution in [0.15, 0.2) is 81.9 Å². The van der Waals surface area contributed by atoms with Crippen molar-refractivity contribution in [3.63, 3.8) is 0 Å². The summed E-state index contributed by atoms with van der Waals surface area (Å²) in [7, 11) is 0. The number of thiazole rings is 1. The van der Waals surface area contributed by atoms with Crippen LogP contribution >= 0.6 is 11.3 Å². The molecule has 1 unspecified atom stereocenters. The summed E-state index contributed by atoms with van der Waals surface area (Å²) in [6, 6.07) is 13.0. The number of ketones is 1. The highest BCUT2D eigenvalue weighted by Gasteiger charge is 2.46. The lowest BCUT2D eigenvalue weighted by Gasteiger charge is -2.24. The van der Waals surface area contributed by atoms with Crippen molar-refractivity contribution in [1.82, 2.24) is 4.98 Å². The average molecular weight is 447 g/mol. The van der Waals surface area contributed by atoms with Crippen molar-refractivity contribution >= 4 is 44.8 Å². The van der Waals surface area contributed by atoms with Crippen molar-refractivity contribution in [2.45, 2.75) is 6.04 Å². The van der Waals surface area contributed by atoms with Gasteiger partial charge in [0, 0.05) is 29.1 Å². The molecule has 1 amide bonds. The molecule has 1 aliphatic rings. The van der Waals surface area contributed by atoms with Gasteiger partial charge in [0.25, 0.3) is 11.6 Å². The molecule has 1 N–H and O–H groups in total. The standard InChI is InChI=1S/C22H13N3O6S/c26-19(16-11-12-4-1-2-7-15(12)31-16)17-18(13-5-3-6-14(10-13)25(29)30)24(21(28)20(17)27)22-23-8-9-32-22/h1-11,18,27H. The quantitative estimate of drug-likeness (QED) is 0.269. The minimum Gasteiger partial charge on any atom is -0.503 e. The van der Waals surface area contributed by atoms with Gasteiger partial charge in [-0.05, 0) is 17.7 Å². The van der Waals surface area contributed by atoms with E-state index in [1.807, 2.05) is 0 Å². The minimum absolute atomic E-state index is 0.0584. The molecule has 3 heterocycles. The number of non-ortho nitro benzene ring substituents is 1. The van der Waals surface area contributed by atoms with Gasteiger partial charge in [0.05, 0.1) is 16.5 Å². The number of benzene rings is 2. The second kappa shape index (κ2) is 7.43. The number of para-hydroxylation sites is 1. The van der Waals surface area contributed by atoms with Gasteiger partial charge in [-0.3, -0.25) is 24.6 Å². The summed E-state index contributed by atoms with van der Waals surface area (Å²) < 4.78 is 5.65. The van der Waals surface area contributed by atoms with Crippen molar-refractivity contribution in [1.29, 1.82) is 0 Å². The number of hydrogen-bond acceptors (Lipinski definition) is 8. The Morgan fingerprint density at radius 2 is 2.00 bits per heavy atom. The van der Waals surface area contributed by atoms with Gasteiger partial charge in [0.2, 0.25) is 5.78 Å². The molecule has 5 rings (SSSR count). The molecule has 0 saturated carbocycles. The molecule has 4 aromatic rings. The van der Waals surface area contributed by atoms with Crippen LogP contribution in [0.2, 0.25) is 0 Å². The number of aromatic nitrogens is 1. The molecule has 32 heavy (non-hydrogen) atoms. The molecule has 0 radical (unpaired) electrons. The number of nitro benzene ring substituents is 1. The van der Waals surface area contributed by atoms with Crippen molar-refractivity contribution in [2.24, 2.45) is 0 Å². The fraction of sp³-hybridized carbons (Fsp3) is 0.0455. The minimum atomic E-state index is -1.12. The Bertz CT molecular complexity index is 1390. The van der Waals surface area contributed by atoms with Crippen molar-refractivity contribution in [3.8, 4) is 0 Å². The third kappa shape index (κ3) is 3.05. The SMILES string of the molecule is O=C(C1=C(O)C(=O)N(c2nccs2)C1c1cccc([N+](=O)[O-])c1)c1cc2ccccc2o1. The Hall–Kier alpha value is -4.31. The van der Waals surface area contributed by atoms with E-state index in [-0.39, 0.29) is 27.7 Å². The van der Waals surface area contributed by atoms with Gasteiger partial charge >= 0.3 is 0 Å². The Morgan fingerprint density at radius 3 is 2.72 bits per heavy atom. The summed E-state index contributed by atoms with van der Waals surface area (Å²) in [4.78, 5) is 42.5. The summed E-state index contributed by atoms with van der Waals surface area (Å²) in [5, 5.41) is 24.6. The second-order valence-corrected chi connectivity index (χ2v) is 7.86. The van der Waals surface area contributed by atoms with E-state index >= 15 is 0 Å². The maximum atomic E-state index is 13.4. The number of furan rings is 1. The highest BCUT2D eigenvalue weighted by Crippen LogP contribution is 2.43. The zero-order valence-corrected chi connectivity index (χ0v) is 17.0. The van der Waals surface area contributed by atoms with Crippen molar-refractivity contribution in [3.05, 3.63) is 98.9 Å². The number of anilines is 1. The molecule has 9 nitrogen and oxygen atoms in total. The van der Waals surface area contributed by atoms with Crippen LogP contribution in [0.1, 0.15) is 22.2 Å². The number of amides is 1. The fourth-order valence-corrected chi connectivity index (χ4v) is 4.39. The smallest absolute Gasteiger partial charge is 0.296 e. The van der Waals surface area contributed by atoms with E-state index in [9.17, 15) is 24.8 Å². The number of aliphatic hydroxyl groups is 1. The van der Waals surface area contributed by atoms with Crippen molar-refractivity contribution in [2.75, 3.05) is 4.90 Å². The molecule has 0 aliphatic carbocycles. The van der Waals surface area contributed by atoms with E-state index in [1.54, 1.807) is 35.7 Å². The van der Waals surface area contributed by atoms with Gasteiger partial charge in [-0.15, -0.1) is 11.3 Å². The summed E-state index contributed by atoms with van der Waals surface area (Å²) in [5.74, 6) is -2.32. The fourth-order valence-electron chi connectivity index (χ4n) is 3.72. The summed E-state index contributed by atoms with van der Waals surface area (Å²) in [6.07, 6.45) is 1.48. The molecule has 0 fully saturated rings. The van der Waals surface area contributed by atoms with Gasteiger partial charge < -0.3 is 9.52 Å². The first kappa shape index (κ1) is 19.6. The van der Waals surface area contributed by atoms with E-state index < -0.39 is 28.4 Å². The third-order valence-electron chi connectivity index (χ3n) is 5.12. The Balaban J connectivity index is 1.68. The maximum Gasteiger partial charge on any atom is 0.296 e. The van der Waals surface area contributed by atoms with Crippen LogP contribution in [0.3, 0.4) is 0 Å². The molecule has 2 aromatic carbocycles. The molecule has 1 atom stereocenters. The number of nitro groups is 1. The summed E-state index contributed by atoms with van der Waals surface area (Å²) in [6.45, 7) is 0. The van der Waals surface area contributed by atoms with Crippen LogP contribution in [0.5, 0.6) is 0 Å². The van der Waals surface area contributed by atoms with E-state index in [1.165, 1.54) is 30.5 Å². The van der Waals surface area contributed by atoms with Gasteiger partial charge in [-0.1, -0.05) is 30.3 Å². The highest BCUT2D eigenvalue weighted by molar-refractivity contribution is 7.13. The maximum absolute atomic E-state index is 13.4. The number of nitrogens with zero attached hydrogens (tertiary/aromatic N) is 3. The van der Waals surface area contributed by atoms with E-state index in [2.05, 4.69) is 4.98 Å². The zero-order valence-electron chi connectivity index (χ0n) is 16.2. The molecular weight excluding hydrogens is 434 g/mol. The summed E-state index contributed by atoms with van der Waals surface area (Å²) in [5.41, 5.74) is 0.316. The van der Waals surface area contributed by atoms with Gasteiger partial charge in [-0.2, -0.15) is 0 Å². The van der Waals surface area contributed by atoms with Gasteiger partial charge in [0.1, 0.15) is 5.58 Å². The lowest BCUT2D eigenvalue weighted by Crippen LogP contribution is -2.31. The van der Waals surface area contributed by atoms with Crippen LogP contribution in [0.25, 0.3) is 11.0 Å². The number of aliphatic hydroxyl groups excluding tert-OH is 1. The summed E-state index contributed by atoms with van der Waals surface area (Å²) >= 11 is 1.14. The molecule has 158 valence electrons. The normalized spacial score (nSPS) is 16.2. The van der Waals surface area contributed by atoms with Crippen LogP contribution in [-0.2, 0) is 4.79 Å². The van der Waals surface area contributed by atoms with Crippen molar-refractivity contribution < 1.29 is 24.0 Å². The van der Waals surface area contributed by atoms with Crippen LogP contribution in [-0.4, -0.2) is 26.7 Å². The van der Waals surface area contributed by atoms with Crippen LogP contribution in [0.4, 0.5) is 10.8 Å². The van der Waals surface area contributed by atoms with Crippen LogP contribution in [0, 0.1) is 10.1 Å². The zero-order chi connectivity index (χ0) is 22.4. The van der Waals surface area contributed by atoms with E-state index in [4.69, 9.17) is 4.42 Å². The molecule has 0 spiro atoms. The largest absolute Gasteiger partial charge is 0.503 e. The number of hydrogen-bond donors (Lipinski definition) is 1. The second-order valence-electron chi connectivity index (χ2n) is 6.98. The van der Waals surface area contributed by atoms with Gasteiger partial charge in [-0.25, -0.2) is 4.98 Å². The lowest BCUT2D eigenvalue weighted by atomic mass is 9.95. The molecule has 1 aliphatic heterocycles. The number of carbonyl (C=O) groups excluding carboxylic acids is 2. The Labute approximate surface area is 184 Å². The predicted octanol–water partition coefficient (Wildman–Crippen LogP) is 4.58. The Morgan fingerprint density at radius 1 is 1.19 bits per heavy atom. The number of Topliss-reactive ketones (excluding diaryl/α,β-unsaturated/α-hetero) is 1. The molecule has 2 aromatic heterocycles. The number of fused-ring (bicyclic) bond motifs is 1. The monoisotopic (exact) mass is 447 g/mol. The number of rotatable bonds is 5. The van der Waals surface area contributed by atoms with Crippen LogP contribution < -0.4 is 4.90 Å². The predicted molar refractivity (Wildman–Crippen MR) is 116 cm³/mol. The average Bonchev–Trinajstić information content (AvgIpc) is 3.52. The van der Waals surface area contributed by atoms with E-state index in [0.29, 0.717) is 11.0 Å². The molecule has 0 bridgehead atoms. The number of carbonyl (C=O) groups is 2. The first-order chi connectivity index (χ1) is 15.5. The topological polar surface area (TPSA) is 127 Å². The first-order valence-corrected chi connectivity index (χ1v) is 10.3. The first-order valence-electron chi connectivity index (χ1n) is 9.39.